The Hall–Kier alpha value is -1.16. The van der Waals surface area contributed by atoms with Crippen LogP contribution in [0.2, 0.25) is 0 Å². The number of amides is 1. The lowest BCUT2D eigenvalue weighted by Crippen LogP contribution is -2.22. The predicted octanol–water partition coefficient (Wildman–Crippen LogP) is 2.41. The van der Waals surface area contributed by atoms with E-state index in [-0.39, 0.29) is 12.0 Å². The van der Waals surface area contributed by atoms with Crippen molar-refractivity contribution in [3.63, 3.8) is 0 Å². The van der Waals surface area contributed by atoms with Crippen molar-refractivity contribution in [2.24, 2.45) is 0 Å². The van der Waals surface area contributed by atoms with E-state index in [0.717, 1.165) is 11.3 Å². The highest BCUT2D eigenvalue weighted by molar-refractivity contribution is 7.80. The third-order valence-electron chi connectivity index (χ3n) is 2.12. The highest BCUT2D eigenvalue weighted by Gasteiger charge is 2.01. The number of nitrogens with one attached hydrogen (secondary N) is 1. The summed E-state index contributed by atoms with van der Waals surface area (Å²) >= 11 is 4.01. The largest absolute Gasteiger partial charge is 0.491 e. The van der Waals surface area contributed by atoms with Gasteiger partial charge in [-0.05, 0) is 37.3 Å². The Morgan fingerprint density at radius 3 is 2.53 bits per heavy atom. The number of rotatable bonds is 6. The summed E-state index contributed by atoms with van der Waals surface area (Å²) in [5, 5.41) is 2.83. The van der Waals surface area contributed by atoms with E-state index in [0.29, 0.717) is 18.7 Å². The van der Waals surface area contributed by atoms with Crippen LogP contribution in [0.5, 0.6) is 5.75 Å². The quantitative estimate of drug-likeness (QED) is 0.764. The first-order valence-electron chi connectivity index (χ1n) is 5.75. The molecule has 4 heteroatoms. The van der Waals surface area contributed by atoms with Gasteiger partial charge in [0, 0.05) is 13.0 Å². The van der Waals surface area contributed by atoms with Gasteiger partial charge in [0.2, 0.25) is 5.91 Å². The summed E-state index contributed by atoms with van der Waals surface area (Å²) in [6.45, 7) is 4.53. The topological polar surface area (TPSA) is 38.3 Å². The Morgan fingerprint density at radius 1 is 1.35 bits per heavy atom. The monoisotopic (exact) mass is 253 g/mol. The molecule has 1 aromatic carbocycles. The number of carbonyl (C=O) groups is 1. The first-order valence-corrected chi connectivity index (χ1v) is 6.38. The number of benzene rings is 1. The van der Waals surface area contributed by atoms with Crippen LogP contribution < -0.4 is 10.1 Å². The van der Waals surface area contributed by atoms with E-state index in [9.17, 15) is 4.79 Å². The molecule has 0 bridgehead atoms. The van der Waals surface area contributed by atoms with Gasteiger partial charge in [-0.25, -0.2) is 0 Å². The highest BCUT2D eigenvalue weighted by Crippen LogP contribution is 2.13. The molecule has 17 heavy (non-hydrogen) atoms. The summed E-state index contributed by atoms with van der Waals surface area (Å²) in [5.41, 5.74) is 1.06. The molecular formula is C13H19NO2S. The SMILES string of the molecule is CC(C)Oc1ccc(CNC(=O)CCS)cc1. The number of hydrogen-bond acceptors (Lipinski definition) is 3. The molecule has 0 aliphatic rings. The van der Waals surface area contributed by atoms with Gasteiger partial charge in [-0.1, -0.05) is 12.1 Å². The number of carbonyl (C=O) groups excluding carboxylic acids is 1. The second kappa shape index (κ2) is 7.22. The number of hydrogen-bond donors (Lipinski definition) is 2. The van der Waals surface area contributed by atoms with Gasteiger partial charge in [-0.3, -0.25) is 4.79 Å². The van der Waals surface area contributed by atoms with Crippen molar-refractivity contribution < 1.29 is 9.53 Å². The van der Waals surface area contributed by atoms with Crippen molar-refractivity contribution in [3.8, 4) is 5.75 Å². The fourth-order valence-corrected chi connectivity index (χ4v) is 1.55. The minimum absolute atomic E-state index is 0.0301. The fraction of sp³-hybridized carbons (Fsp3) is 0.462. The summed E-state index contributed by atoms with van der Waals surface area (Å²) in [6.07, 6.45) is 0.633. The summed E-state index contributed by atoms with van der Waals surface area (Å²) in [5.74, 6) is 1.46. The lowest BCUT2D eigenvalue weighted by molar-refractivity contribution is -0.120. The molecule has 1 amide bonds. The summed E-state index contributed by atoms with van der Waals surface area (Å²) < 4.78 is 5.54. The third kappa shape index (κ3) is 5.63. The second-order valence-corrected chi connectivity index (χ2v) is 4.51. The van der Waals surface area contributed by atoms with Gasteiger partial charge in [-0.15, -0.1) is 0 Å². The molecule has 0 heterocycles. The smallest absolute Gasteiger partial charge is 0.221 e. The minimum atomic E-state index is 0.0301. The van der Waals surface area contributed by atoms with Gasteiger partial charge in [0.05, 0.1) is 6.10 Å². The van der Waals surface area contributed by atoms with Crippen LogP contribution in [0.15, 0.2) is 24.3 Å². The molecule has 0 aromatic heterocycles. The molecule has 94 valence electrons. The van der Waals surface area contributed by atoms with Crippen molar-refractivity contribution in [1.82, 2.24) is 5.32 Å². The summed E-state index contributed by atoms with van der Waals surface area (Å²) in [4.78, 5) is 11.2. The molecule has 0 aliphatic heterocycles. The van der Waals surface area contributed by atoms with E-state index in [2.05, 4.69) is 17.9 Å². The molecule has 1 aromatic rings. The molecule has 1 rings (SSSR count). The Bertz CT molecular complexity index is 349. The van der Waals surface area contributed by atoms with Crippen molar-refractivity contribution in [1.29, 1.82) is 0 Å². The fourth-order valence-electron chi connectivity index (χ4n) is 1.35. The van der Waals surface area contributed by atoms with E-state index in [1.807, 2.05) is 38.1 Å². The maximum absolute atomic E-state index is 11.2. The molecule has 3 nitrogen and oxygen atoms in total. The van der Waals surface area contributed by atoms with Crippen LogP contribution in [0.3, 0.4) is 0 Å². The average molecular weight is 253 g/mol. The van der Waals surface area contributed by atoms with Crippen LogP contribution >= 0.6 is 12.6 Å². The zero-order chi connectivity index (χ0) is 12.7. The predicted molar refractivity (Wildman–Crippen MR) is 72.5 cm³/mol. The standard InChI is InChI=1S/C13H19NO2S/c1-10(2)16-12-5-3-11(4-6-12)9-14-13(15)7-8-17/h3-6,10,17H,7-9H2,1-2H3,(H,14,15). The normalized spacial score (nSPS) is 10.4. The molecule has 0 unspecified atom stereocenters. The van der Waals surface area contributed by atoms with Crippen LogP contribution in [0.4, 0.5) is 0 Å². The summed E-state index contributed by atoms with van der Waals surface area (Å²) in [7, 11) is 0. The molecule has 0 radical (unpaired) electrons. The van der Waals surface area contributed by atoms with Gasteiger partial charge in [0.1, 0.15) is 5.75 Å². The maximum Gasteiger partial charge on any atom is 0.221 e. The van der Waals surface area contributed by atoms with Gasteiger partial charge >= 0.3 is 0 Å². The molecule has 0 spiro atoms. The van der Waals surface area contributed by atoms with Crippen molar-refractivity contribution in [2.75, 3.05) is 5.75 Å². The van der Waals surface area contributed by atoms with Crippen LogP contribution in [0.25, 0.3) is 0 Å². The Labute approximate surface area is 108 Å². The van der Waals surface area contributed by atoms with Crippen LogP contribution in [0.1, 0.15) is 25.8 Å². The zero-order valence-corrected chi connectivity index (χ0v) is 11.2. The van der Waals surface area contributed by atoms with Gasteiger partial charge in [-0.2, -0.15) is 12.6 Å². The lowest BCUT2D eigenvalue weighted by atomic mass is 10.2. The third-order valence-corrected chi connectivity index (χ3v) is 2.35. The van der Waals surface area contributed by atoms with E-state index in [4.69, 9.17) is 4.74 Å². The van der Waals surface area contributed by atoms with Crippen LogP contribution in [0, 0.1) is 0 Å². The van der Waals surface area contributed by atoms with Crippen molar-refractivity contribution in [2.45, 2.75) is 32.9 Å². The second-order valence-electron chi connectivity index (χ2n) is 4.06. The average Bonchev–Trinajstić information content (AvgIpc) is 2.28. The van der Waals surface area contributed by atoms with Gasteiger partial charge in [0.15, 0.2) is 0 Å². The molecule has 0 aliphatic carbocycles. The lowest BCUT2D eigenvalue weighted by Gasteiger charge is -2.10. The Balaban J connectivity index is 2.42. The van der Waals surface area contributed by atoms with Crippen molar-refractivity contribution >= 4 is 18.5 Å². The first kappa shape index (κ1) is 13.9. The number of thiol groups is 1. The summed E-state index contributed by atoms with van der Waals surface area (Å²) in [6, 6.07) is 7.75. The molecule has 0 fully saturated rings. The molecular weight excluding hydrogens is 234 g/mol. The first-order chi connectivity index (χ1) is 8.11. The molecule has 1 N–H and O–H groups in total. The van der Waals surface area contributed by atoms with Gasteiger partial charge < -0.3 is 10.1 Å². The van der Waals surface area contributed by atoms with Crippen LogP contribution in [-0.4, -0.2) is 17.8 Å². The van der Waals surface area contributed by atoms with Crippen molar-refractivity contribution in [3.05, 3.63) is 29.8 Å². The maximum atomic E-state index is 11.2. The van der Waals surface area contributed by atoms with Gasteiger partial charge in [0.25, 0.3) is 0 Å². The molecule has 0 saturated carbocycles. The van der Waals surface area contributed by atoms with E-state index in [1.165, 1.54) is 0 Å². The minimum Gasteiger partial charge on any atom is -0.491 e. The molecule has 0 atom stereocenters. The van der Waals surface area contributed by atoms with E-state index < -0.39 is 0 Å². The number of ether oxygens (including phenoxy) is 1. The Kier molecular flexibility index (Phi) is 5.91. The zero-order valence-electron chi connectivity index (χ0n) is 10.3. The Morgan fingerprint density at radius 2 is 2.00 bits per heavy atom. The highest BCUT2D eigenvalue weighted by atomic mass is 32.1. The van der Waals surface area contributed by atoms with E-state index >= 15 is 0 Å². The van der Waals surface area contributed by atoms with Crippen LogP contribution in [-0.2, 0) is 11.3 Å². The van der Waals surface area contributed by atoms with E-state index in [1.54, 1.807) is 0 Å². The molecule has 0 saturated heterocycles.